The molecule has 0 atom stereocenters. The van der Waals surface area contributed by atoms with Gasteiger partial charge in [0.05, 0.1) is 18.4 Å². The van der Waals surface area contributed by atoms with Crippen molar-refractivity contribution in [2.75, 3.05) is 7.11 Å². The molecular weight excluding hydrogens is 196 g/mol. The molecule has 0 N–H and O–H groups in total. The molecule has 0 aliphatic carbocycles. The van der Waals surface area contributed by atoms with Gasteiger partial charge in [0, 0.05) is 6.20 Å². The van der Waals surface area contributed by atoms with Gasteiger partial charge in [-0.05, 0) is 25.6 Å². The largest absolute Gasteiger partial charge is 0.486 e. The van der Waals surface area contributed by atoms with Crippen molar-refractivity contribution >= 4 is 17.3 Å². The van der Waals surface area contributed by atoms with Gasteiger partial charge in [-0.25, -0.2) is 9.97 Å². The summed E-state index contributed by atoms with van der Waals surface area (Å²) in [4.78, 5) is 8.47. The van der Waals surface area contributed by atoms with Gasteiger partial charge in [0.2, 0.25) is 0 Å². The summed E-state index contributed by atoms with van der Waals surface area (Å²) < 4.78 is 5.01. The first kappa shape index (κ1) is 11.0. The molecule has 0 saturated carbocycles. The average Bonchev–Trinajstić information content (AvgIpc) is 2.17. The first-order valence-corrected chi connectivity index (χ1v) is 5.00. The van der Waals surface area contributed by atoms with Crippen LogP contribution >= 0.6 is 12.2 Å². The van der Waals surface area contributed by atoms with E-state index in [0.717, 1.165) is 29.9 Å². The van der Waals surface area contributed by atoms with Gasteiger partial charge < -0.3 is 4.74 Å². The van der Waals surface area contributed by atoms with Crippen molar-refractivity contribution in [3.8, 4) is 0 Å². The number of hydrogen-bond acceptors (Lipinski definition) is 4. The van der Waals surface area contributed by atoms with Gasteiger partial charge in [0.1, 0.15) is 5.82 Å². The average molecular weight is 210 g/mol. The molecule has 0 fully saturated rings. The van der Waals surface area contributed by atoms with Crippen molar-refractivity contribution in [1.29, 1.82) is 0 Å². The SMILES string of the molecule is CCCc1nc(C)ncc1C(=S)OC. The zero-order valence-corrected chi connectivity index (χ0v) is 9.52. The normalized spacial score (nSPS) is 9.93. The maximum absolute atomic E-state index is 5.06. The molecule has 1 heterocycles. The van der Waals surface area contributed by atoms with E-state index in [1.807, 2.05) is 6.92 Å². The minimum Gasteiger partial charge on any atom is -0.486 e. The van der Waals surface area contributed by atoms with Crippen LogP contribution in [-0.4, -0.2) is 22.1 Å². The summed E-state index contributed by atoms with van der Waals surface area (Å²) in [6, 6.07) is 0. The zero-order valence-electron chi connectivity index (χ0n) is 8.70. The van der Waals surface area contributed by atoms with E-state index in [4.69, 9.17) is 17.0 Å². The third-order valence-corrected chi connectivity index (χ3v) is 2.27. The number of hydrogen-bond donors (Lipinski definition) is 0. The van der Waals surface area contributed by atoms with Crippen LogP contribution in [0.4, 0.5) is 0 Å². The maximum atomic E-state index is 5.06. The van der Waals surface area contributed by atoms with Crippen LogP contribution < -0.4 is 0 Å². The Morgan fingerprint density at radius 3 is 2.86 bits per heavy atom. The summed E-state index contributed by atoms with van der Waals surface area (Å²) in [5.74, 6) is 0.774. The van der Waals surface area contributed by atoms with Gasteiger partial charge in [-0.3, -0.25) is 0 Å². The lowest BCUT2D eigenvalue weighted by molar-refractivity contribution is 0.415. The molecule has 0 aliphatic heterocycles. The Hall–Kier alpha value is -1.03. The first-order valence-electron chi connectivity index (χ1n) is 4.59. The van der Waals surface area contributed by atoms with Crippen molar-refractivity contribution < 1.29 is 4.74 Å². The lowest BCUT2D eigenvalue weighted by Gasteiger charge is -2.07. The molecule has 0 radical (unpaired) electrons. The molecule has 0 saturated heterocycles. The number of nitrogens with zero attached hydrogens (tertiary/aromatic N) is 2. The molecule has 1 aromatic heterocycles. The van der Waals surface area contributed by atoms with Gasteiger partial charge in [-0.15, -0.1) is 0 Å². The molecule has 4 heteroatoms. The molecule has 1 rings (SSSR count). The van der Waals surface area contributed by atoms with E-state index in [-0.39, 0.29) is 0 Å². The van der Waals surface area contributed by atoms with Crippen LogP contribution in [0.2, 0.25) is 0 Å². The second-order valence-corrected chi connectivity index (χ2v) is 3.39. The molecule has 76 valence electrons. The smallest absolute Gasteiger partial charge is 0.194 e. The first-order chi connectivity index (χ1) is 6.69. The van der Waals surface area contributed by atoms with Crippen molar-refractivity contribution in [2.24, 2.45) is 0 Å². The minimum absolute atomic E-state index is 0.466. The Morgan fingerprint density at radius 2 is 2.29 bits per heavy atom. The van der Waals surface area contributed by atoms with Gasteiger partial charge in [0.15, 0.2) is 5.05 Å². The number of thiocarbonyl (C=S) groups is 1. The predicted molar refractivity (Wildman–Crippen MR) is 59.5 cm³/mol. The molecular formula is C10H14N2OS. The molecule has 0 amide bonds. The van der Waals surface area contributed by atoms with E-state index >= 15 is 0 Å². The molecule has 0 bridgehead atoms. The van der Waals surface area contributed by atoms with E-state index < -0.39 is 0 Å². The topological polar surface area (TPSA) is 35.0 Å². The monoisotopic (exact) mass is 210 g/mol. The molecule has 0 spiro atoms. The van der Waals surface area contributed by atoms with E-state index in [2.05, 4.69) is 16.9 Å². The Bertz CT molecular complexity index is 339. The van der Waals surface area contributed by atoms with Gasteiger partial charge >= 0.3 is 0 Å². The van der Waals surface area contributed by atoms with Gasteiger partial charge in [0.25, 0.3) is 0 Å². The van der Waals surface area contributed by atoms with Crippen LogP contribution in [0.1, 0.15) is 30.4 Å². The lowest BCUT2D eigenvalue weighted by Crippen LogP contribution is -2.08. The molecule has 1 aromatic rings. The maximum Gasteiger partial charge on any atom is 0.194 e. The van der Waals surface area contributed by atoms with Crippen LogP contribution in [0.15, 0.2) is 6.20 Å². The summed E-state index contributed by atoms with van der Waals surface area (Å²) in [5, 5.41) is 0.466. The second kappa shape index (κ2) is 5.00. The number of methoxy groups -OCH3 is 1. The number of rotatable bonds is 3. The van der Waals surface area contributed by atoms with Crippen molar-refractivity contribution in [2.45, 2.75) is 26.7 Å². The lowest BCUT2D eigenvalue weighted by atomic mass is 10.1. The number of ether oxygens (including phenoxy) is 1. The van der Waals surface area contributed by atoms with Crippen molar-refractivity contribution in [1.82, 2.24) is 9.97 Å². The number of aryl methyl sites for hydroxylation is 2. The summed E-state index contributed by atoms with van der Waals surface area (Å²) in [6.07, 6.45) is 3.68. The Kier molecular flexibility index (Phi) is 3.95. The van der Waals surface area contributed by atoms with Crippen LogP contribution in [0.3, 0.4) is 0 Å². The molecule has 0 aliphatic rings. The van der Waals surface area contributed by atoms with Crippen LogP contribution in [0.25, 0.3) is 0 Å². The quantitative estimate of drug-likeness (QED) is 0.715. The zero-order chi connectivity index (χ0) is 10.6. The van der Waals surface area contributed by atoms with Crippen LogP contribution in [0, 0.1) is 6.92 Å². The Morgan fingerprint density at radius 1 is 1.57 bits per heavy atom. The van der Waals surface area contributed by atoms with E-state index in [1.165, 1.54) is 0 Å². The van der Waals surface area contributed by atoms with E-state index in [9.17, 15) is 0 Å². The fourth-order valence-corrected chi connectivity index (χ4v) is 1.40. The highest BCUT2D eigenvalue weighted by Gasteiger charge is 2.09. The van der Waals surface area contributed by atoms with E-state index in [0.29, 0.717) is 5.05 Å². The molecule has 14 heavy (non-hydrogen) atoms. The van der Waals surface area contributed by atoms with Crippen molar-refractivity contribution in [3.63, 3.8) is 0 Å². The number of aromatic nitrogens is 2. The standard InChI is InChI=1S/C10H14N2OS/c1-4-5-9-8(10(14)13-3)6-11-7(2)12-9/h6H,4-5H2,1-3H3. The summed E-state index contributed by atoms with van der Waals surface area (Å²) in [6.45, 7) is 3.98. The highest BCUT2D eigenvalue weighted by Crippen LogP contribution is 2.10. The third-order valence-electron chi connectivity index (χ3n) is 1.88. The summed E-state index contributed by atoms with van der Waals surface area (Å²) >= 11 is 5.06. The predicted octanol–water partition coefficient (Wildman–Crippen LogP) is 2.06. The van der Waals surface area contributed by atoms with E-state index in [1.54, 1.807) is 13.3 Å². The Labute approximate surface area is 89.5 Å². The fraction of sp³-hybridized carbons (Fsp3) is 0.500. The molecule has 3 nitrogen and oxygen atoms in total. The molecule has 0 unspecified atom stereocenters. The van der Waals surface area contributed by atoms with Crippen LogP contribution in [0.5, 0.6) is 0 Å². The Balaban J connectivity index is 3.07. The van der Waals surface area contributed by atoms with Gasteiger partial charge in [-0.2, -0.15) is 0 Å². The highest BCUT2D eigenvalue weighted by atomic mass is 32.1. The molecule has 0 aromatic carbocycles. The fourth-order valence-electron chi connectivity index (χ4n) is 1.22. The third kappa shape index (κ3) is 2.48. The van der Waals surface area contributed by atoms with Crippen LogP contribution in [-0.2, 0) is 11.2 Å². The highest BCUT2D eigenvalue weighted by molar-refractivity contribution is 7.80. The second-order valence-electron chi connectivity index (χ2n) is 3.02. The van der Waals surface area contributed by atoms with Crippen molar-refractivity contribution in [3.05, 3.63) is 23.3 Å². The van der Waals surface area contributed by atoms with Gasteiger partial charge in [-0.1, -0.05) is 13.3 Å². The summed E-state index contributed by atoms with van der Waals surface area (Å²) in [7, 11) is 1.57. The summed E-state index contributed by atoms with van der Waals surface area (Å²) in [5.41, 5.74) is 1.82. The minimum atomic E-state index is 0.466.